The highest BCUT2D eigenvalue weighted by Gasteiger charge is 2.42. The van der Waals surface area contributed by atoms with Crippen LogP contribution in [0.4, 0.5) is 13.2 Å². The Morgan fingerprint density at radius 3 is 2.55 bits per heavy atom. The van der Waals surface area contributed by atoms with Gasteiger partial charge in [-0.25, -0.2) is 9.98 Å². The summed E-state index contributed by atoms with van der Waals surface area (Å²) >= 11 is 0. The number of hydrogen-bond donors (Lipinski definition) is 2. The Morgan fingerprint density at radius 1 is 1.29 bits per heavy atom. The van der Waals surface area contributed by atoms with Gasteiger partial charge in [0.15, 0.2) is 12.6 Å². The molecule has 0 bridgehead atoms. The van der Waals surface area contributed by atoms with Crippen LogP contribution < -0.4 is 15.4 Å². The lowest BCUT2D eigenvalue weighted by molar-refractivity contribution is -0.154. The minimum atomic E-state index is -4.44. The summed E-state index contributed by atoms with van der Waals surface area (Å²) in [5.74, 6) is 0.490. The molecule has 0 saturated heterocycles. The van der Waals surface area contributed by atoms with E-state index in [0.29, 0.717) is 24.6 Å². The molecule has 11 heteroatoms. The topological polar surface area (TPSA) is 78.9 Å². The number of hydrogen-bond acceptors (Lipinski definition) is 4. The van der Waals surface area contributed by atoms with E-state index in [-0.39, 0.29) is 42.3 Å². The number of alkyl halides is 3. The lowest BCUT2D eigenvalue weighted by Gasteiger charge is -2.31. The molecule has 1 aromatic rings. The second-order valence-electron chi connectivity index (χ2n) is 7.61. The molecule has 0 spiro atoms. The van der Waals surface area contributed by atoms with Crippen molar-refractivity contribution < 1.29 is 22.7 Å². The molecule has 0 atom stereocenters. The third-order valence-corrected chi connectivity index (χ3v) is 4.99. The number of amides is 1. The minimum Gasteiger partial charge on any atom is -0.468 e. The first-order chi connectivity index (χ1) is 14.2. The van der Waals surface area contributed by atoms with Crippen molar-refractivity contribution in [1.82, 2.24) is 20.5 Å². The van der Waals surface area contributed by atoms with Crippen molar-refractivity contribution in [2.24, 2.45) is 10.4 Å². The van der Waals surface area contributed by atoms with Crippen LogP contribution in [0.25, 0.3) is 0 Å². The first kappa shape index (κ1) is 27.2. The molecule has 0 aliphatic heterocycles. The largest absolute Gasteiger partial charge is 0.468 e. The number of carbonyl (C=O) groups excluding carboxylic acids is 1. The molecular formula is C20H31F3IN5O2. The molecule has 7 nitrogen and oxygen atoms in total. The maximum absolute atomic E-state index is 12.7. The van der Waals surface area contributed by atoms with Gasteiger partial charge >= 0.3 is 6.18 Å². The van der Waals surface area contributed by atoms with E-state index < -0.39 is 18.2 Å². The zero-order valence-electron chi connectivity index (χ0n) is 18.1. The average Bonchev–Trinajstić information content (AvgIpc) is 3.18. The molecule has 2 N–H and O–H groups in total. The quantitative estimate of drug-likeness (QED) is 0.292. The van der Waals surface area contributed by atoms with Gasteiger partial charge in [-0.05, 0) is 25.8 Å². The molecule has 1 heterocycles. The van der Waals surface area contributed by atoms with Gasteiger partial charge in [0.1, 0.15) is 0 Å². The van der Waals surface area contributed by atoms with E-state index in [2.05, 4.69) is 20.6 Å². The molecule has 0 unspecified atom stereocenters. The molecule has 176 valence electrons. The van der Waals surface area contributed by atoms with Gasteiger partial charge in [0.25, 0.3) is 0 Å². The summed E-state index contributed by atoms with van der Waals surface area (Å²) in [5, 5.41) is 6.35. The number of pyridine rings is 1. The van der Waals surface area contributed by atoms with Crippen molar-refractivity contribution >= 4 is 35.8 Å². The normalized spacial score (nSPS) is 15.7. The number of halogens is 4. The van der Waals surface area contributed by atoms with Crippen LogP contribution in [0.15, 0.2) is 23.3 Å². The van der Waals surface area contributed by atoms with E-state index in [0.717, 1.165) is 25.7 Å². The van der Waals surface area contributed by atoms with E-state index in [9.17, 15) is 18.0 Å². The van der Waals surface area contributed by atoms with E-state index in [1.54, 1.807) is 31.1 Å². The fourth-order valence-corrected chi connectivity index (χ4v) is 3.58. The number of aromatic nitrogens is 1. The standard InChI is InChI=1S/C20H30F3N5O2.HI/c1-4-24-18(27-13-19(9-5-6-10-19)17(29)28(2)3)26-12-15-8-7-11-25-16(15)30-14-20(21,22)23;/h7-8,11H,4-6,9-10,12-14H2,1-3H3,(H2,24,26,27);1H. The number of nitrogens with one attached hydrogen (secondary N) is 2. The van der Waals surface area contributed by atoms with Crippen LogP contribution in [-0.4, -0.2) is 61.7 Å². The molecule has 0 radical (unpaired) electrons. The monoisotopic (exact) mass is 557 g/mol. The number of guanidine groups is 1. The fraction of sp³-hybridized carbons (Fsp3) is 0.650. The first-order valence-corrected chi connectivity index (χ1v) is 10.0. The second-order valence-corrected chi connectivity index (χ2v) is 7.61. The molecule has 1 saturated carbocycles. The van der Waals surface area contributed by atoms with Crippen molar-refractivity contribution in [2.45, 2.75) is 45.3 Å². The summed E-state index contributed by atoms with van der Waals surface area (Å²) in [6.07, 6.45) is 0.570. The van der Waals surface area contributed by atoms with Crippen LogP contribution in [0.5, 0.6) is 5.88 Å². The van der Waals surface area contributed by atoms with Gasteiger partial charge in [0, 0.05) is 38.9 Å². The van der Waals surface area contributed by atoms with Crippen molar-refractivity contribution in [3.63, 3.8) is 0 Å². The lowest BCUT2D eigenvalue weighted by Crippen LogP contribution is -2.49. The SMILES string of the molecule is CCNC(=NCc1cccnc1OCC(F)(F)F)NCC1(C(=O)N(C)C)CCCC1.I. The number of rotatable bonds is 8. The van der Waals surface area contributed by atoms with Gasteiger partial charge in [0.05, 0.1) is 12.0 Å². The third-order valence-electron chi connectivity index (χ3n) is 4.99. The highest BCUT2D eigenvalue weighted by molar-refractivity contribution is 14.0. The lowest BCUT2D eigenvalue weighted by atomic mass is 9.84. The molecule has 1 aromatic heterocycles. The molecular weight excluding hydrogens is 526 g/mol. The van der Waals surface area contributed by atoms with Crippen molar-refractivity contribution in [1.29, 1.82) is 0 Å². The first-order valence-electron chi connectivity index (χ1n) is 10.0. The van der Waals surface area contributed by atoms with Gasteiger partial charge in [-0.3, -0.25) is 4.79 Å². The summed E-state index contributed by atoms with van der Waals surface area (Å²) in [5.41, 5.74) is -0.0199. The molecule has 1 aliphatic rings. The van der Waals surface area contributed by atoms with E-state index >= 15 is 0 Å². The molecule has 1 aliphatic carbocycles. The molecule has 2 rings (SSSR count). The zero-order chi connectivity index (χ0) is 22.2. The summed E-state index contributed by atoms with van der Waals surface area (Å²) in [7, 11) is 3.51. The van der Waals surface area contributed by atoms with Crippen molar-refractivity contribution in [3.8, 4) is 5.88 Å². The Bertz CT molecular complexity index is 738. The fourth-order valence-electron chi connectivity index (χ4n) is 3.58. The number of aliphatic imine (C=N–C) groups is 1. The van der Waals surface area contributed by atoms with Gasteiger partial charge in [-0.1, -0.05) is 18.9 Å². The molecule has 31 heavy (non-hydrogen) atoms. The summed E-state index contributed by atoms with van der Waals surface area (Å²) < 4.78 is 42.2. The van der Waals surface area contributed by atoms with Crippen LogP contribution in [0.3, 0.4) is 0 Å². The number of carbonyl (C=O) groups is 1. The zero-order valence-corrected chi connectivity index (χ0v) is 20.4. The summed E-state index contributed by atoms with van der Waals surface area (Å²) in [6.45, 7) is 1.64. The smallest absolute Gasteiger partial charge is 0.422 e. The van der Waals surface area contributed by atoms with Gasteiger partial charge < -0.3 is 20.3 Å². The van der Waals surface area contributed by atoms with Crippen LogP contribution >= 0.6 is 24.0 Å². The van der Waals surface area contributed by atoms with Crippen LogP contribution in [0, 0.1) is 5.41 Å². The Hall–Kier alpha value is -1.79. The highest BCUT2D eigenvalue weighted by Crippen LogP contribution is 2.38. The summed E-state index contributed by atoms with van der Waals surface area (Å²) in [6, 6.07) is 3.24. The van der Waals surface area contributed by atoms with Crippen LogP contribution in [0.2, 0.25) is 0 Å². The Morgan fingerprint density at radius 2 is 1.97 bits per heavy atom. The summed E-state index contributed by atoms with van der Waals surface area (Å²) in [4.78, 5) is 22.7. The van der Waals surface area contributed by atoms with Crippen LogP contribution in [0.1, 0.15) is 38.2 Å². The second kappa shape index (κ2) is 12.3. The van der Waals surface area contributed by atoms with Gasteiger partial charge in [-0.15, -0.1) is 24.0 Å². The van der Waals surface area contributed by atoms with Crippen LogP contribution in [-0.2, 0) is 11.3 Å². The maximum atomic E-state index is 12.7. The maximum Gasteiger partial charge on any atom is 0.422 e. The van der Waals surface area contributed by atoms with Crippen molar-refractivity contribution in [2.75, 3.05) is 33.8 Å². The van der Waals surface area contributed by atoms with E-state index in [1.807, 2.05) is 6.92 Å². The third kappa shape index (κ3) is 8.34. The van der Waals surface area contributed by atoms with E-state index in [4.69, 9.17) is 4.74 Å². The average molecular weight is 557 g/mol. The molecule has 0 aromatic carbocycles. The Labute approximate surface area is 198 Å². The van der Waals surface area contributed by atoms with E-state index in [1.165, 1.54) is 6.20 Å². The number of ether oxygens (including phenoxy) is 1. The van der Waals surface area contributed by atoms with Crippen molar-refractivity contribution in [3.05, 3.63) is 23.9 Å². The van der Waals surface area contributed by atoms with Gasteiger partial charge in [-0.2, -0.15) is 13.2 Å². The highest BCUT2D eigenvalue weighted by atomic mass is 127. The molecule has 1 amide bonds. The predicted molar refractivity (Wildman–Crippen MR) is 124 cm³/mol. The van der Waals surface area contributed by atoms with Gasteiger partial charge in [0.2, 0.25) is 11.8 Å². The predicted octanol–water partition coefficient (Wildman–Crippen LogP) is 3.34. The molecule has 1 fully saturated rings. The minimum absolute atomic E-state index is 0. The Balaban J connectivity index is 0.00000480. The number of nitrogens with zero attached hydrogens (tertiary/aromatic N) is 3. The Kier molecular flexibility index (Phi) is 10.8.